The van der Waals surface area contributed by atoms with E-state index in [0.29, 0.717) is 11.7 Å². The predicted octanol–water partition coefficient (Wildman–Crippen LogP) is 3.02. The van der Waals surface area contributed by atoms with E-state index < -0.39 is 5.97 Å². The molecule has 3 heteroatoms. The molecule has 0 bridgehead atoms. The average Bonchev–Trinajstić information content (AvgIpc) is 2.00. The van der Waals surface area contributed by atoms with Crippen LogP contribution in [0.3, 0.4) is 0 Å². The van der Waals surface area contributed by atoms with Crippen LogP contribution in [0.4, 0.5) is 0 Å². The Bertz CT molecular complexity index is 146. The molecular weight excluding hydrogens is 184 g/mol. The minimum atomic E-state index is -0.684. The summed E-state index contributed by atoms with van der Waals surface area (Å²) in [4.78, 5) is 10.3. The highest BCUT2D eigenvalue weighted by atomic mass is 32.2. The van der Waals surface area contributed by atoms with Crippen LogP contribution < -0.4 is 0 Å². The molecule has 0 saturated carbocycles. The highest BCUT2D eigenvalue weighted by molar-refractivity contribution is 7.99. The van der Waals surface area contributed by atoms with Gasteiger partial charge < -0.3 is 5.11 Å². The van der Waals surface area contributed by atoms with Crippen molar-refractivity contribution in [3.05, 3.63) is 0 Å². The lowest BCUT2D eigenvalue weighted by Crippen LogP contribution is -2.03. The zero-order valence-electron chi connectivity index (χ0n) is 8.75. The Morgan fingerprint density at radius 3 is 2.38 bits per heavy atom. The first-order chi connectivity index (χ1) is 6.02. The van der Waals surface area contributed by atoms with Crippen molar-refractivity contribution < 1.29 is 9.90 Å². The molecule has 0 spiro atoms. The van der Waals surface area contributed by atoms with Crippen molar-refractivity contribution in [3.63, 3.8) is 0 Å². The van der Waals surface area contributed by atoms with Gasteiger partial charge in [-0.05, 0) is 24.5 Å². The molecule has 0 aromatic rings. The van der Waals surface area contributed by atoms with Crippen molar-refractivity contribution in [1.82, 2.24) is 0 Å². The van der Waals surface area contributed by atoms with E-state index in [2.05, 4.69) is 20.8 Å². The minimum absolute atomic E-state index is 0.301. The summed E-state index contributed by atoms with van der Waals surface area (Å²) in [6, 6.07) is 0. The Morgan fingerprint density at radius 2 is 1.92 bits per heavy atom. The van der Waals surface area contributed by atoms with Crippen molar-refractivity contribution in [2.24, 2.45) is 5.92 Å². The predicted molar refractivity (Wildman–Crippen MR) is 58.2 cm³/mol. The molecule has 0 aliphatic heterocycles. The maximum Gasteiger partial charge on any atom is 0.303 e. The van der Waals surface area contributed by atoms with Crippen molar-refractivity contribution in [1.29, 1.82) is 0 Å². The summed E-state index contributed by atoms with van der Waals surface area (Å²) >= 11 is 1.88. The van der Waals surface area contributed by atoms with Crippen LogP contribution >= 0.6 is 11.8 Å². The van der Waals surface area contributed by atoms with Gasteiger partial charge in [-0.25, -0.2) is 0 Å². The number of carbonyl (C=O) groups is 1. The van der Waals surface area contributed by atoms with Crippen LogP contribution in [-0.2, 0) is 4.79 Å². The van der Waals surface area contributed by atoms with E-state index in [-0.39, 0.29) is 0 Å². The molecule has 0 aliphatic carbocycles. The van der Waals surface area contributed by atoms with Crippen LogP contribution in [-0.4, -0.2) is 22.1 Å². The standard InChI is InChI=1S/C10H20O2S/c1-8(2)6-7-13-9(3)4-5-10(11)12/h8-9H,4-7H2,1-3H3,(H,11,12). The third-order valence-electron chi connectivity index (χ3n) is 1.86. The van der Waals surface area contributed by atoms with Gasteiger partial charge in [0.2, 0.25) is 0 Å². The molecule has 0 radical (unpaired) electrons. The third kappa shape index (κ3) is 9.74. The number of aliphatic carboxylic acids is 1. The van der Waals surface area contributed by atoms with Crippen LogP contribution in [0.5, 0.6) is 0 Å². The van der Waals surface area contributed by atoms with Gasteiger partial charge in [0.15, 0.2) is 0 Å². The third-order valence-corrected chi connectivity index (χ3v) is 3.14. The van der Waals surface area contributed by atoms with Crippen LogP contribution in [0.25, 0.3) is 0 Å². The molecule has 1 unspecified atom stereocenters. The topological polar surface area (TPSA) is 37.3 Å². The Hall–Kier alpha value is -0.180. The van der Waals surface area contributed by atoms with Crippen LogP contribution in [0, 0.1) is 5.92 Å². The first-order valence-corrected chi connectivity index (χ1v) is 5.90. The Morgan fingerprint density at radius 1 is 1.31 bits per heavy atom. The van der Waals surface area contributed by atoms with E-state index >= 15 is 0 Å². The lowest BCUT2D eigenvalue weighted by atomic mass is 10.2. The second-order valence-electron chi connectivity index (χ2n) is 3.80. The Labute approximate surface area is 85.1 Å². The van der Waals surface area contributed by atoms with Gasteiger partial charge in [0.1, 0.15) is 0 Å². The summed E-state index contributed by atoms with van der Waals surface area (Å²) in [6.07, 6.45) is 2.32. The zero-order valence-corrected chi connectivity index (χ0v) is 9.56. The van der Waals surface area contributed by atoms with E-state index in [1.807, 2.05) is 11.8 Å². The van der Waals surface area contributed by atoms with Gasteiger partial charge in [-0.15, -0.1) is 0 Å². The quantitative estimate of drug-likeness (QED) is 0.692. The van der Waals surface area contributed by atoms with Gasteiger partial charge >= 0.3 is 5.97 Å². The lowest BCUT2D eigenvalue weighted by molar-refractivity contribution is -0.137. The fourth-order valence-corrected chi connectivity index (χ4v) is 2.21. The van der Waals surface area contributed by atoms with E-state index in [0.717, 1.165) is 18.1 Å². The molecule has 0 amide bonds. The number of hydrogen-bond donors (Lipinski definition) is 1. The molecule has 0 fully saturated rings. The maximum atomic E-state index is 10.3. The van der Waals surface area contributed by atoms with Crippen molar-refractivity contribution in [2.45, 2.75) is 45.3 Å². The SMILES string of the molecule is CC(C)CCSC(C)CCC(=O)O. The fraction of sp³-hybridized carbons (Fsp3) is 0.900. The van der Waals surface area contributed by atoms with Crippen LogP contribution in [0.15, 0.2) is 0 Å². The van der Waals surface area contributed by atoms with Gasteiger partial charge in [0, 0.05) is 11.7 Å². The highest BCUT2D eigenvalue weighted by Crippen LogP contribution is 2.18. The number of rotatable bonds is 7. The van der Waals surface area contributed by atoms with Gasteiger partial charge in [-0.2, -0.15) is 11.8 Å². The fourth-order valence-electron chi connectivity index (χ4n) is 0.915. The summed E-state index contributed by atoms with van der Waals surface area (Å²) in [6.45, 7) is 6.53. The summed E-state index contributed by atoms with van der Waals surface area (Å²) in [5.41, 5.74) is 0. The molecule has 13 heavy (non-hydrogen) atoms. The first kappa shape index (κ1) is 12.8. The molecule has 0 saturated heterocycles. The monoisotopic (exact) mass is 204 g/mol. The first-order valence-electron chi connectivity index (χ1n) is 4.85. The molecule has 0 aliphatic rings. The van der Waals surface area contributed by atoms with E-state index in [9.17, 15) is 4.79 Å². The molecular formula is C10H20O2S. The number of carboxylic acid groups (broad SMARTS) is 1. The second-order valence-corrected chi connectivity index (χ2v) is 5.34. The summed E-state index contributed by atoms with van der Waals surface area (Å²) in [5.74, 6) is 1.22. The van der Waals surface area contributed by atoms with E-state index in [4.69, 9.17) is 5.11 Å². The average molecular weight is 204 g/mol. The number of hydrogen-bond acceptors (Lipinski definition) is 2. The number of carboxylic acids is 1. The molecule has 0 rings (SSSR count). The summed E-state index contributed by atoms with van der Waals surface area (Å²) < 4.78 is 0. The van der Waals surface area contributed by atoms with Gasteiger partial charge in [-0.3, -0.25) is 4.79 Å². The molecule has 1 atom stereocenters. The van der Waals surface area contributed by atoms with Gasteiger partial charge in [0.05, 0.1) is 0 Å². The van der Waals surface area contributed by atoms with Crippen molar-refractivity contribution >= 4 is 17.7 Å². The maximum absolute atomic E-state index is 10.3. The van der Waals surface area contributed by atoms with Crippen LogP contribution in [0.1, 0.15) is 40.0 Å². The van der Waals surface area contributed by atoms with Gasteiger partial charge in [-0.1, -0.05) is 20.8 Å². The summed E-state index contributed by atoms with van der Waals surface area (Å²) in [7, 11) is 0. The molecule has 0 aromatic heterocycles. The van der Waals surface area contributed by atoms with Gasteiger partial charge in [0.25, 0.3) is 0 Å². The molecule has 0 heterocycles. The number of thioether (sulfide) groups is 1. The minimum Gasteiger partial charge on any atom is -0.481 e. The molecule has 78 valence electrons. The normalized spacial score (nSPS) is 13.2. The Kier molecular flexibility index (Phi) is 7.14. The molecule has 1 N–H and O–H groups in total. The smallest absolute Gasteiger partial charge is 0.303 e. The van der Waals surface area contributed by atoms with E-state index in [1.165, 1.54) is 6.42 Å². The van der Waals surface area contributed by atoms with Crippen LogP contribution in [0.2, 0.25) is 0 Å². The Balaban J connectivity index is 3.30. The highest BCUT2D eigenvalue weighted by Gasteiger charge is 2.05. The molecule has 0 aromatic carbocycles. The largest absolute Gasteiger partial charge is 0.481 e. The zero-order chi connectivity index (χ0) is 10.3. The summed E-state index contributed by atoms with van der Waals surface area (Å²) in [5, 5.41) is 8.95. The van der Waals surface area contributed by atoms with E-state index in [1.54, 1.807) is 0 Å². The lowest BCUT2D eigenvalue weighted by Gasteiger charge is -2.10. The van der Waals surface area contributed by atoms with Crippen molar-refractivity contribution in [2.75, 3.05) is 5.75 Å². The van der Waals surface area contributed by atoms with Crippen molar-refractivity contribution in [3.8, 4) is 0 Å². The molecule has 2 nitrogen and oxygen atoms in total. The second kappa shape index (κ2) is 7.25.